The third-order valence-electron chi connectivity index (χ3n) is 11.1. The van der Waals surface area contributed by atoms with Crippen LogP contribution >= 0.6 is 15.9 Å². The Morgan fingerprint density at radius 1 is 0.803 bits per heavy atom. The Labute approximate surface area is 361 Å². The summed E-state index contributed by atoms with van der Waals surface area (Å²) in [6.45, 7) is 9.43. The Balaban J connectivity index is 0.000000169. The van der Waals surface area contributed by atoms with Crippen LogP contribution in [0.5, 0.6) is 11.5 Å². The molecule has 2 aromatic heterocycles. The summed E-state index contributed by atoms with van der Waals surface area (Å²) >= 11 is 3.41. The number of nitrogens with zero attached hydrogens (tertiary/aromatic N) is 6. The molecular formula is C40H45B2BrN10O8. The average Bonchev–Trinajstić information content (AvgIpc) is 3.87. The summed E-state index contributed by atoms with van der Waals surface area (Å²) in [5, 5.41) is 49.7. The molecular weight excluding hydrogens is 850 g/mol. The predicted molar refractivity (Wildman–Crippen MR) is 231 cm³/mol. The van der Waals surface area contributed by atoms with Gasteiger partial charge in [0.25, 0.3) is 11.8 Å². The van der Waals surface area contributed by atoms with Gasteiger partial charge in [0.1, 0.15) is 22.6 Å². The molecule has 6 heterocycles. The Hall–Kier alpha value is -6.09. The molecule has 0 radical (unpaired) electrons. The lowest BCUT2D eigenvalue weighted by molar-refractivity contribution is 0.0341. The monoisotopic (exact) mass is 894 g/mol. The lowest BCUT2D eigenvalue weighted by Gasteiger charge is -2.27. The predicted octanol–water partition coefficient (Wildman–Crippen LogP) is 4.35. The summed E-state index contributed by atoms with van der Waals surface area (Å²) in [4.78, 5) is 23.1. The maximum Gasteiger partial charge on any atom is 0.555 e. The van der Waals surface area contributed by atoms with E-state index in [4.69, 9.17) is 41.2 Å². The quantitative estimate of drug-likeness (QED) is 0.147. The van der Waals surface area contributed by atoms with E-state index in [2.05, 4.69) is 43.6 Å². The third-order valence-corrected chi connectivity index (χ3v) is 11.6. The number of halogens is 1. The third kappa shape index (κ3) is 9.77. The summed E-state index contributed by atoms with van der Waals surface area (Å²) in [6.07, 6.45) is 4.28. The fourth-order valence-electron chi connectivity index (χ4n) is 7.12. The van der Waals surface area contributed by atoms with Crippen LogP contribution in [0.3, 0.4) is 0 Å². The van der Waals surface area contributed by atoms with Crippen LogP contribution < -0.4 is 31.8 Å². The van der Waals surface area contributed by atoms with E-state index in [0.717, 1.165) is 43.4 Å². The topological polar surface area (TPSA) is 285 Å². The first-order valence-electron chi connectivity index (χ1n) is 19.3. The minimum Gasteiger partial charge on any atom is -0.532 e. The molecule has 2 aromatic carbocycles. The number of ether oxygens (including phenoxy) is 2. The van der Waals surface area contributed by atoms with Gasteiger partial charge in [-0.3, -0.25) is 19.0 Å². The van der Waals surface area contributed by atoms with Crippen LogP contribution in [0.2, 0.25) is 0 Å². The normalized spacial score (nSPS) is 20.5. The molecule has 2 unspecified atom stereocenters. The lowest BCUT2D eigenvalue weighted by atomic mass is 9.73. The van der Waals surface area contributed by atoms with Crippen molar-refractivity contribution >= 4 is 70.5 Å². The van der Waals surface area contributed by atoms with Gasteiger partial charge in [-0.05, 0) is 99.0 Å². The van der Waals surface area contributed by atoms with Crippen LogP contribution in [0.25, 0.3) is 11.1 Å². The van der Waals surface area contributed by atoms with Crippen molar-refractivity contribution in [1.29, 1.82) is 10.5 Å². The number of primary amides is 2. The Kier molecular flexibility index (Phi) is 13.9. The van der Waals surface area contributed by atoms with Crippen molar-refractivity contribution in [2.75, 3.05) is 37.5 Å². The molecule has 21 heteroatoms. The van der Waals surface area contributed by atoms with Crippen LogP contribution in [-0.2, 0) is 9.47 Å². The van der Waals surface area contributed by atoms with E-state index in [1.807, 2.05) is 52.0 Å². The van der Waals surface area contributed by atoms with Gasteiger partial charge in [0.05, 0.1) is 49.3 Å². The van der Waals surface area contributed by atoms with E-state index in [0.29, 0.717) is 56.5 Å². The number of amides is 2. The van der Waals surface area contributed by atoms with E-state index in [9.17, 15) is 24.9 Å². The minimum absolute atomic E-state index is 0.0831. The molecule has 4 aliphatic heterocycles. The van der Waals surface area contributed by atoms with E-state index < -0.39 is 26.1 Å². The number of hydrogen-bond acceptors (Lipinski definition) is 14. The van der Waals surface area contributed by atoms with E-state index in [1.165, 1.54) is 10.9 Å². The number of benzene rings is 2. The zero-order valence-corrected chi connectivity index (χ0v) is 35.5. The van der Waals surface area contributed by atoms with Crippen molar-refractivity contribution in [2.24, 2.45) is 23.3 Å². The Bertz CT molecular complexity index is 2480. The van der Waals surface area contributed by atoms with Crippen LogP contribution in [0, 0.1) is 34.5 Å². The first-order chi connectivity index (χ1) is 29.1. The van der Waals surface area contributed by atoms with Crippen molar-refractivity contribution < 1.29 is 38.4 Å². The molecule has 4 aromatic rings. The van der Waals surface area contributed by atoms with Gasteiger partial charge in [0.2, 0.25) is 0 Å². The number of allylic oxidation sites excluding steroid dienone is 4. The number of rotatable bonds is 6. The fourth-order valence-corrected chi connectivity index (χ4v) is 7.48. The zero-order valence-electron chi connectivity index (χ0n) is 34.0. The second-order valence-corrected chi connectivity index (χ2v) is 15.8. The number of hydrogen-bond donors (Lipinski definition) is 6. The standard InChI is InChI=1S/C20H22BN5O4.C10H10BBrO2.C10H13N5O2/c1-11-12(2)21(28)30-18-4-3-14(7-15(11)18)24-20-16(19(23)27)9-26(25-20)17-10-29-6-5-13(17)8-22;1-6-7(2)11(13)14-10-4-3-8(12)5-9(6)10;11-3-6-1-2-17-5-8(6)15-4-7(10(13)16)9(12)14-15/h3-4,7,9,13,17,28H,5-6,10H2,1-2H3,(H2,23,27)(H,24,25);3-5,13H,1-2H3;4,6,8H,1-2,5H2,(H2,12,14)(H2,13,16)/t13-,17?;;6-,8?/m1.1/s1. The number of fused-ring (bicyclic) bond motifs is 2. The SMILES string of the molecule is CC1=C(C)c2cc(Br)ccc2OB1O.CC1=C(C)c2cc(Nc3nn(C4COCC[C@@H]4C#N)cc3C(N)=O)ccc2OB1O.N#C[C@H]1CCOCC1n1cc(C(N)=O)c(N)n1. The number of nitrogens with two attached hydrogens (primary N) is 3. The maximum absolute atomic E-state index is 12.0. The molecule has 0 spiro atoms. The molecule has 0 bridgehead atoms. The molecule has 9 N–H and O–H groups in total. The van der Waals surface area contributed by atoms with Gasteiger partial charge in [-0.2, -0.15) is 20.7 Å². The summed E-state index contributed by atoms with van der Waals surface area (Å²) in [5.74, 6) is 0.0137. The first kappa shape index (κ1) is 44.5. The van der Waals surface area contributed by atoms with Crippen molar-refractivity contribution in [2.45, 2.75) is 52.6 Å². The van der Waals surface area contributed by atoms with Crippen LogP contribution in [-0.4, -0.2) is 82.1 Å². The summed E-state index contributed by atoms with van der Waals surface area (Å²) in [6, 6.07) is 15.1. The van der Waals surface area contributed by atoms with Crippen molar-refractivity contribution in [3.63, 3.8) is 0 Å². The number of nitriles is 2. The van der Waals surface area contributed by atoms with Crippen molar-refractivity contribution in [1.82, 2.24) is 19.6 Å². The van der Waals surface area contributed by atoms with Gasteiger partial charge < -0.3 is 51.3 Å². The van der Waals surface area contributed by atoms with E-state index in [-0.39, 0.29) is 40.9 Å². The molecule has 4 atom stereocenters. The van der Waals surface area contributed by atoms with Crippen molar-refractivity contribution in [3.8, 4) is 23.6 Å². The Morgan fingerprint density at radius 2 is 1.30 bits per heavy atom. The summed E-state index contributed by atoms with van der Waals surface area (Å²) in [5.41, 5.74) is 22.9. The largest absolute Gasteiger partial charge is 0.555 e. The summed E-state index contributed by atoms with van der Waals surface area (Å²) < 4.78 is 25.8. The number of carbonyl (C=O) groups excluding carboxylic acids is 2. The molecule has 2 saturated heterocycles. The van der Waals surface area contributed by atoms with Gasteiger partial charge in [-0.15, -0.1) is 0 Å². The highest BCUT2D eigenvalue weighted by Crippen LogP contribution is 2.38. The summed E-state index contributed by atoms with van der Waals surface area (Å²) in [7, 11) is -1.76. The number of nitrogen functional groups attached to an aromatic ring is 1. The number of nitrogens with one attached hydrogen (secondary N) is 1. The molecule has 0 saturated carbocycles. The number of aromatic nitrogens is 4. The Morgan fingerprint density at radius 3 is 1.80 bits per heavy atom. The van der Waals surface area contributed by atoms with Gasteiger partial charge in [0.15, 0.2) is 11.6 Å². The van der Waals surface area contributed by atoms with E-state index >= 15 is 0 Å². The van der Waals surface area contributed by atoms with Gasteiger partial charge >= 0.3 is 14.2 Å². The molecule has 8 rings (SSSR count). The molecule has 2 amide bonds. The van der Waals surface area contributed by atoms with Gasteiger partial charge in [-0.25, -0.2) is 0 Å². The fraction of sp³-hybridized carbons (Fsp3) is 0.350. The highest BCUT2D eigenvalue weighted by molar-refractivity contribution is 9.10. The first-order valence-corrected chi connectivity index (χ1v) is 20.1. The van der Waals surface area contributed by atoms with Crippen LogP contribution in [0.4, 0.5) is 17.3 Å². The minimum atomic E-state index is -0.959. The van der Waals surface area contributed by atoms with Gasteiger partial charge in [0, 0.05) is 46.9 Å². The lowest BCUT2D eigenvalue weighted by Crippen LogP contribution is -2.29. The molecule has 61 heavy (non-hydrogen) atoms. The molecule has 0 aliphatic carbocycles. The highest BCUT2D eigenvalue weighted by Gasteiger charge is 2.32. The molecule has 4 aliphatic rings. The van der Waals surface area contributed by atoms with E-state index in [1.54, 1.807) is 23.0 Å². The average molecular weight is 895 g/mol. The molecule has 316 valence electrons. The number of carbonyl (C=O) groups is 2. The zero-order chi connectivity index (χ0) is 44.1. The van der Waals surface area contributed by atoms with Crippen molar-refractivity contribution in [3.05, 3.63) is 86.5 Å². The highest BCUT2D eigenvalue weighted by atomic mass is 79.9. The molecule has 18 nitrogen and oxygen atoms in total. The van der Waals surface area contributed by atoms with Crippen LogP contribution in [0.15, 0.2) is 64.2 Å². The van der Waals surface area contributed by atoms with Crippen LogP contribution in [0.1, 0.15) is 84.5 Å². The molecule has 2 fully saturated rings. The second-order valence-electron chi connectivity index (χ2n) is 14.9. The number of anilines is 3. The van der Waals surface area contributed by atoms with Gasteiger partial charge in [-0.1, -0.05) is 15.9 Å². The second kappa shape index (κ2) is 19.1. The smallest absolute Gasteiger partial charge is 0.532 e. The maximum atomic E-state index is 12.0.